The van der Waals surface area contributed by atoms with E-state index in [0.717, 1.165) is 48.0 Å². The zero-order valence-electron chi connectivity index (χ0n) is 12.5. The molecule has 0 spiro atoms. The van der Waals surface area contributed by atoms with Gasteiger partial charge in [0.15, 0.2) is 0 Å². The van der Waals surface area contributed by atoms with E-state index in [1.165, 1.54) is 17.3 Å². The number of phenols is 1. The second kappa shape index (κ2) is 7.26. The summed E-state index contributed by atoms with van der Waals surface area (Å²) in [4.78, 5) is 2.32. The van der Waals surface area contributed by atoms with Gasteiger partial charge < -0.3 is 10.0 Å². The standard InChI is InChI=1S/C16H19N3OS2/c1-19-8-3-5-13(11-19)15-16(18-22-17-15)21-9-7-12-4-2-6-14(20)10-12/h2,4-6,10,20H,3,7-9,11H2,1H3. The molecular formula is C16H19N3OS2. The van der Waals surface area contributed by atoms with Gasteiger partial charge in [-0.1, -0.05) is 18.2 Å². The summed E-state index contributed by atoms with van der Waals surface area (Å²) in [6, 6.07) is 7.44. The van der Waals surface area contributed by atoms with Gasteiger partial charge in [-0.3, -0.25) is 0 Å². The molecule has 3 rings (SSSR count). The van der Waals surface area contributed by atoms with Crippen molar-refractivity contribution in [2.45, 2.75) is 17.9 Å². The lowest BCUT2D eigenvalue weighted by atomic mass is 10.1. The van der Waals surface area contributed by atoms with Gasteiger partial charge in [0.1, 0.15) is 16.5 Å². The fourth-order valence-electron chi connectivity index (χ4n) is 2.51. The highest BCUT2D eigenvalue weighted by atomic mass is 32.2. The van der Waals surface area contributed by atoms with Crippen LogP contribution in [0.15, 0.2) is 35.4 Å². The van der Waals surface area contributed by atoms with Crippen LogP contribution in [0.2, 0.25) is 0 Å². The van der Waals surface area contributed by atoms with Crippen molar-refractivity contribution in [3.63, 3.8) is 0 Å². The largest absolute Gasteiger partial charge is 0.508 e. The smallest absolute Gasteiger partial charge is 0.138 e. The van der Waals surface area contributed by atoms with E-state index in [4.69, 9.17) is 0 Å². The molecule has 1 aromatic heterocycles. The van der Waals surface area contributed by atoms with Crippen LogP contribution in [-0.4, -0.2) is 44.6 Å². The summed E-state index contributed by atoms with van der Waals surface area (Å²) in [5.41, 5.74) is 3.49. The molecule has 2 aromatic rings. The van der Waals surface area contributed by atoms with Gasteiger partial charge >= 0.3 is 0 Å². The summed E-state index contributed by atoms with van der Waals surface area (Å²) in [6.07, 6.45) is 4.28. The van der Waals surface area contributed by atoms with Gasteiger partial charge in [-0.15, -0.1) is 11.8 Å². The van der Waals surface area contributed by atoms with Crippen LogP contribution < -0.4 is 0 Å². The SMILES string of the molecule is CN1CCC=C(c2nsnc2SCCc2cccc(O)c2)C1. The Labute approximate surface area is 139 Å². The second-order valence-electron chi connectivity index (χ2n) is 5.44. The maximum atomic E-state index is 9.50. The summed E-state index contributed by atoms with van der Waals surface area (Å²) in [6.45, 7) is 2.06. The van der Waals surface area contributed by atoms with E-state index in [1.807, 2.05) is 18.2 Å². The van der Waals surface area contributed by atoms with Crippen molar-refractivity contribution >= 4 is 29.1 Å². The van der Waals surface area contributed by atoms with Crippen LogP contribution in [0.1, 0.15) is 17.7 Å². The van der Waals surface area contributed by atoms with Crippen molar-refractivity contribution in [2.24, 2.45) is 0 Å². The Morgan fingerprint density at radius 2 is 2.27 bits per heavy atom. The molecule has 1 aromatic carbocycles. The predicted octanol–water partition coefficient (Wildman–Crippen LogP) is 3.30. The molecule has 6 heteroatoms. The Balaban J connectivity index is 1.62. The molecule has 1 aliphatic rings. The number of likely N-dealkylation sites (N-methyl/N-ethyl adjacent to an activating group) is 1. The number of rotatable bonds is 5. The first-order valence-corrected chi connectivity index (χ1v) is 9.05. The molecular weight excluding hydrogens is 314 g/mol. The van der Waals surface area contributed by atoms with Crippen LogP contribution >= 0.6 is 23.5 Å². The normalized spacial score (nSPS) is 15.8. The first-order chi connectivity index (χ1) is 10.7. The van der Waals surface area contributed by atoms with Crippen molar-refractivity contribution in [1.82, 2.24) is 13.6 Å². The minimum atomic E-state index is 0.328. The van der Waals surface area contributed by atoms with E-state index >= 15 is 0 Å². The predicted molar refractivity (Wildman–Crippen MR) is 92.5 cm³/mol. The number of aromatic nitrogens is 2. The Hall–Kier alpha value is -1.37. The Bertz CT molecular complexity index is 669. The quantitative estimate of drug-likeness (QED) is 0.851. The summed E-state index contributed by atoms with van der Waals surface area (Å²) in [5, 5.41) is 10.5. The third kappa shape index (κ3) is 3.88. The Kier molecular flexibility index (Phi) is 5.12. The highest BCUT2D eigenvalue weighted by Gasteiger charge is 2.17. The summed E-state index contributed by atoms with van der Waals surface area (Å²) in [7, 11) is 2.14. The van der Waals surface area contributed by atoms with Crippen molar-refractivity contribution in [2.75, 3.05) is 25.9 Å². The fraction of sp³-hybridized carbons (Fsp3) is 0.375. The zero-order valence-corrected chi connectivity index (χ0v) is 14.2. The molecule has 0 saturated carbocycles. The van der Waals surface area contributed by atoms with Gasteiger partial charge in [-0.2, -0.15) is 8.75 Å². The molecule has 22 heavy (non-hydrogen) atoms. The lowest BCUT2D eigenvalue weighted by Crippen LogP contribution is -2.25. The minimum Gasteiger partial charge on any atom is -0.508 e. The fourth-order valence-corrected chi connectivity index (χ4v) is 4.21. The summed E-state index contributed by atoms with van der Waals surface area (Å²) < 4.78 is 8.94. The van der Waals surface area contributed by atoms with Crippen molar-refractivity contribution in [1.29, 1.82) is 0 Å². The van der Waals surface area contributed by atoms with Crippen LogP contribution in [0.4, 0.5) is 0 Å². The number of hydrogen-bond acceptors (Lipinski definition) is 6. The molecule has 1 aliphatic heterocycles. The second-order valence-corrected chi connectivity index (χ2v) is 7.05. The summed E-state index contributed by atoms with van der Waals surface area (Å²) in [5.74, 6) is 1.26. The maximum absolute atomic E-state index is 9.50. The zero-order chi connectivity index (χ0) is 15.4. The molecule has 0 bridgehead atoms. The maximum Gasteiger partial charge on any atom is 0.138 e. The van der Waals surface area contributed by atoms with E-state index in [0.29, 0.717) is 5.75 Å². The number of benzene rings is 1. The molecule has 0 saturated heterocycles. The van der Waals surface area contributed by atoms with E-state index in [-0.39, 0.29) is 0 Å². The molecule has 0 atom stereocenters. The molecule has 0 amide bonds. The van der Waals surface area contributed by atoms with E-state index in [1.54, 1.807) is 17.8 Å². The number of hydrogen-bond donors (Lipinski definition) is 1. The number of phenolic OH excluding ortho intramolecular Hbond substituents is 1. The first-order valence-electron chi connectivity index (χ1n) is 7.33. The summed E-state index contributed by atoms with van der Waals surface area (Å²) >= 11 is 3.03. The third-order valence-corrected chi connectivity index (χ3v) is 5.25. The van der Waals surface area contributed by atoms with Gasteiger partial charge in [-0.25, -0.2) is 0 Å². The van der Waals surface area contributed by atoms with Crippen molar-refractivity contribution in [3.8, 4) is 5.75 Å². The van der Waals surface area contributed by atoms with Crippen LogP contribution in [0.3, 0.4) is 0 Å². The number of thioether (sulfide) groups is 1. The molecule has 116 valence electrons. The van der Waals surface area contributed by atoms with Crippen LogP contribution in [0.5, 0.6) is 5.75 Å². The van der Waals surface area contributed by atoms with E-state index in [9.17, 15) is 5.11 Å². The molecule has 0 unspecified atom stereocenters. The molecule has 4 nitrogen and oxygen atoms in total. The average Bonchev–Trinajstić information content (AvgIpc) is 2.96. The van der Waals surface area contributed by atoms with Crippen molar-refractivity contribution < 1.29 is 5.11 Å². The van der Waals surface area contributed by atoms with Crippen molar-refractivity contribution in [3.05, 3.63) is 41.6 Å². The Morgan fingerprint density at radius 3 is 3.09 bits per heavy atom. The van der Waals surface area contributed by atoms with Gasteiger partial charge in [0, 0.05) is 18.8 Å². The number of aromatic hydroxyl groups is 1. The lowest BCUT2D eigenvalue weighted by Gasteiger charge is -2.22. The van der Waals surface area contributed by atoms with Crippen LogP contribution in [-0.2, 0) is 6.42 Å². The molecule has 0 fully saturated rings. The lowest BCUT2D eigenvalue weighted by molar-refractivity contribution is 0.372. The first kappa shape index (κ1) is 15.5. The highest BCUT2D eigenvalue weighted by molar-refractivity contribution is 7.99. The third-order valence-electron chi connectivity index (χ3n) is 3.64. The molecule has 0 radical (unpaired) electrons. The van der Waals surface area contributed by atoms with Crippen LogP contribution in [0, 0.1) is 0 Å². The minimum absolute atomic E-state index is 0.328. The van der Waals surface area contributed by atoms with E-state index < -0.39 is 0 Å². The highest BCUT2D eigenvalue weighted by Crippen LogP contribution is 2.29. The molecule has 2 heterocycles. The van der Waals surface area contributed by atoms with Gasteiger partial charge in [0.2, 0.25) is 0 Å². The Morgan fingerprint density at radius 1 is 1.36 bits per heavy atom. The number of aryl methyl sites for hydroxylation is 1. The van der Waals surface area contributed by atoms with E-state index in [2.05, 4.69) is 26.8 Å². The monoisotopic (exact) mass is 333 g/mol. The average molecular weight is 333 g/mol. The molecule has 0 aliphatic carbocycles. The molecule has 1 N–H and O–H groups in total. The van der Waals surface area contributed by atoms with Gasteiger partial charge in [0.25, 0.3) is 0 Å². The number of nitrogens with zero attached hydrogens (tertiary/aromatic N) is 3. The van der Waals surface area contributed by atoms with Gasteiger partial charge in [-0.05, 0) is 43.2 Å². The van der Waals surface area contributed by atoms with Crippen LogP contribution in [0.25, 0.3) is 5.57 Å². The topological polar surface area (TPSA) is 49.2 Å². The van der Waals surface area contributed by atoms with Gasteiger partial charge in [0.05, 0.1) is 11.7 Å².